The molecule has 0 aliphatic heterocycles. The number of thiazole rings is 1. The maximum absolute atomic E-state index is 13.6. The van der Waals surface area contributed by atoms with E-state index >= 15 is 0 Å². The maximum atomic E-state index is 13.6. The molecule has 2 aromatic carbocycles. The fourth-order valence-electron chi connectivity index (χ4n) is 3.04. The molecular formula is C23H19FN4O3S. The molecule has 0 saturated carbocycles. The van der Waals surface area contributed by atoms with Crippen molar-refractivity contribution < 1.29 is 18.4 Å². The molecular weight excluding hydrogens is 431 g/mol. The molecule has 162 valence electrons. The zero-order valence-electron chi connectivity index (χ0n) is 16.9. The number of hydrogen-bond donors (Lipinski definition) is 2. The van der Waals surface area contributed by atoms with Crippen molar-refractivity contribution in [1.82, 2.24) is 20.6 Å². The van der Waals surface area contributed by atoms with Crippen LogP contribution in [-0.2, 0) is 13.0 Å². The van der Waals surface area contributed by atoms with Gasteiger partial charge in [0.05, 0.1) is 6.54 Å². The lowest BCUT2D eigenvalue weighted by Crippen LogP contribution is -2.26. The van der Waals surface area contributed by atoms with Crippen LogP contribution in [0.15, 0.2) is 70.8 Å². The van der Waals surface area contributed by atoms with E-state index < -0.39 is 5.91 Å². The van der Waals surface area contributed by atoms with Crippen molar-refractivity contribution in [2.75, 3.05) is 6.54 Å². The minimum Gasteiger partial charge on any atom is -0.443 e. The fraction of sp³-hybridized carbons (Fsp3) is 0.130. The molecule has 7 nitrogen and oxygen atoms in total. The molecule has 0 aliphatic carbocycles. The smallest absolute Gasteiger partial charge is 0.274 e. The predicted molar refractivity (Wildman–Crippen MR) is 118 cm³/mol. The Morgan fingerprint density at radius 2 is 1.78 bits per heavy atom. The maximum Gasteiger partial charge on any atom is 0.274 e. The zero-order valence-corrected chi connectivity index (χ0v) is 17.7. The van der Waals surface area contributed by atoms with Crippen LogP contribution >= 0.6 is 11.3 Å². The molecule has 0 bridgehead atoms. The van der Waals surface area contributed by atoms with Crippen LogP contribution in [0.2, 0.25) is 0 Å². The lowest BCUT2D eigenvalue weighted by Gasteiger charge is -2.05. The van der Waals surface area contributed by atoms with E-state index in [0.717, 1.165) is 5.56 Å². The number of benzene rings is 2. The number of rotatable bonds is 8. The molecule has 9 heteroatoms. The van der Waals surface area contributed by atoms with Crippen molar-refractivity contribution in [3.05, 3.63) is 94.1 Å². The van der Waals surface area contributed by atoms with Crippen molar-refractivity contribution in [3.63, 3.8) is 0 Å². The monoisotopic (exact) mass is 450 g/mol. The number of halogens is 1. The first-order chi connectivity index (χ1) is 15.6. The van der Waals surface area contributed by atoms with Gasteiger partial charge in [0.25, 0.3) is 11.8 Å². The molecule has 0 fully saturated rings. The van der Waals surface area contributed by atoms with Crippen LogP contribution in [0.4, 0.5) is 4.39 Å². The van der Waals surface area contributed by atoms with Crippen molar-refractivity contribution >= 4 is 23.2 Å². The van der Waals surface area contributed by atoms with Crippen molar-refractivity contribution in [3.8, 4) is 11.3 Å². The Hall–Kier alpha value is -3.85. The van der Waals surface area contributed by atoms with Gasteiger partial charge in [-0.05, 0) is 18.1 Å². The highest BCUT2D eigenvalue weighted by atomic mass is 32.1. The van der Waals surface area contributed by atoms with Crippen molar-refractivity contribution in [1.29, 1.82) is 0 Å². The average molecular weight is 450 g/mol. The molecule has 0 saturated heterocycles. The molecule has 2 amide bonds. The second kappa shape index (κ2) is 9.97. The van der Waals surface area contributed by atoms with Gasteiger partial charge in [-0.3, -0.25) is 9.59 Å². The third kappa shape index (κ3) is 5.06. The number of nitrogens with zero attached hydrogens (tertiary/aromatic N) is 2. The summed E-state index contributed by atoms with van der Waals surface area (Å²) in [4.78, 5) is 33.1. The minimum absolute atomic E-state index is 0.146. The minimum atomic E-state index is -0.399. The van der Waals surface area contributed by atoms with E-state index in [0.29, 0.717) is 22.8 Å². The molecule has 2 heterocycles. The number of carbonyl (C=O) groups excluding carboxylic acids is 2. The second-order valence-electron chi connectivity index (χ2n) is 6.80. The third-order valence-corrected chi connectivity index (χ3v) is 5.49. The van der Waals surface area contributed by atoms with E-state index in [9.17, 15) is 14.0 Å². The first-order valence-electron chi connectivity index (χ1n) is 9.85. The molecule has 0 unspecified atom stereocenters. The van der Waals surface area contributed by atoms with Gasteiger partial charge >= 0.3 is 0 Å². The predicted octanol–water partition coefficient (Wildman–Crippen LogP) is 3.84. The molecule has 32 heavy (non-hydrogen) atoms. The van der Waals surface area contributed by atoms with Crippen molar-refractivity contribution in [2.24, 2.45) is 0 Å². The van der Waals surface area contributed by atoms with Gasteiger partial charge in [-0.15, -0.1) is 11.3 Å². The largest absolute Gasteiger partial charge is 0.443 e. The second-order valence-corrected chi connectivity index (χ2v) is 7.75. The van der Waals surface area contributed by atoms with E-state index in [1.807, 2.05) is 30.3 Å². The third-order valence-electron chi connectivity index (χ3n) is 4.64. The highest BCUT2D eigenvalue weighted by Gasteiger charge is 2.18. The van der Waals surface area contributed by atoms with Crippen LogP contribution in [0.3, 0.4) is 0 Å². The topological polar surface area (TPSA) is 97.1 Å². The molecule has 0 radical (unpaired) electrons. The number of oxazole rings is 1. The van der Waals surface area contributed by atoms with E-state index in [1.165, 1.54) is 23.8 Å². The number of nitrogens with one attached hydrogen (secondary N) is 2. The van der Waals surface area contributed by atoms with Gasteiger partial charge in [0.15, 0.2) is 17.8 Å². The molecule has 4 aromatic rings. The van der Waals surface area contributed by atoms with Crippen LogP contribution < -0.4 is 10.6 Å². The van der Waals surface area contributed by atoms with E-state index in [1.54, 1.807) is 23.6 Å². The number of carbonyl (C=O) groups is 2. The molecule has 0 atom stereocenters. The summed E-state index contributed by atoms with van der Waals surface area (Å²) in [6.07, 6.45) is 1.61. The van der Waals surface area contributed by atoms with Crippen LogP contribution in [-0.4, -0.2) is 28.3 Å². The summed E-state index contributed by atoms with van der Waals surface area (Å²) in [6, 6.07) is 15.7. The Bertz CT molecular complexity index is 1220. The number of amides is 2. The van der Waals surface area contributed by atoms with Gasteiger partial charge in [-0.25, -0.2) is 14.4 Å². The number of hydrogen-bond acceptors (Lipinski definition) is 6. The Labute approximate surface area is 187 Å². The van der Waals surface area contributed by atoms with E-state index in [4.69, 9.17) is 4.42 Å². The summed E-state index contributed by atoms with van der Waals surface area (Å²) in [6.45, 7) is 0.435. The SMILES string of the molecule is O=C(NCCc1ccccc1F)c1csc(CNC(=O)c2ncoc2-c2ccccc2)n1. The van der Waals surface area contributed by atoms with Gasteiger partial charge in [-0.1, -0.05) is 48.5 Å². The van der Waals surface area contributed by atoms with Gasteiger partial charge in [0, 0.05) is 17.5 Å². The lowest BCUT2D eigenvalue weighted by molar-refractivity contribution is 0.0943. The average Bonchev–Trinajstić information content (AvgIpc) is 3.49. The lowest BCUT2D eigenvalue weighted by atomic mass is 10.1. The van der Waals surface area contributed by atoms with Crippen LogP contribution in [0, 0.1) is 5.82 Å². The number of aromatic nitrogens is 2. The highest BCUT2D eigenvalue weighted by Crippen LogP contribution is 2.22. The Morgan fingerprint density at radius 1 is 1.00 bits per heavy atom. The summed E-state index contributed by atoms with van der Waals surface area (Å²) in [5, 5.41) is 7.67. The zero-order chi connectivity index (χ0) is 22.3. The molecule has 0 aliphatic rings. The quantitative estimate of drug-likeness (QED) is 0.425. The van der Waals surface area contributed by atoms with Gasteiger partial charge in [0.2, 0.25) is 0 Å². The summed E-state index contributed by atoms with van der Waals surface area (Å²) in [5.74, 6) is -0.658. The summed E-state index contributed by atoms with van der Waals surface area (Å²) < 4.78 is 19.0. The van der Waals surface area contributed by atoms with Crippen LogP contribution in [0.25, 0.3) is 11.3 Å². The van der Waals surface area contributed by atoms with Crippen LogP contribution in [0.1, 0.15) is 31.5 Å². The van der Waals surface area contributed by atoms with Crippen molar-refractivity contribution in [2.45, 2.75) is 13.0 Å². The Balaban J connectivity index is 1.30. The van der Waals surface area contributed by atoms with Gasteiger partial charge in [-0.2, -0.15) is 0 Å². The summed E-state index contributed by atoms with van der Waals surface area (Å²) in [7, 11) is 0. The summed E-state index contributed by atoms with van der Waals surface area (Å²) in [5.41, 5.74) is 1.72. The summed E-state index contributed by atoms with van der Waals surface area (Å²) >= 11 is 1.26. The van der Waals surface area contributed by atoms with Crippen LogP contribution in [0.5, 0.6) is 0 Å². The first kappa shape index (κ1) is 21.4. The molecule has 2 N–H and O–H groups in total. The van der Waals surface area contributed by atoms with E-state index in [2.05, 4.69) is 20.6 Å². The first-order valence-corrected chi connectivity index (χ1v) is 10.7. The fourth-order valence-corrected chi connectivity index (χ4v) is 3.75. The van der Waals surface area contributed by atoms with Gasteiger partial charge < -0.3 is 15.1 Å². The Kier molecular flexibility index (Phi) is 6.66. The highest BCUT2D eigenvalue weighted by molar-refractivity contribution is 7.09. The van der Waals surface area contributed by atoms with E-state index in [-0.39, 0.29) is 36.2 Å². The standard InChI is InChI=1S/C23H19FN4O3S/c24-17-9-5-4-6-15(17)10-11-25-22(29)18-13-32-19(28-18)12-26-23(30)20-21(31-14-27-20)16-7-2-1-3-8-16/h1-9,13-14H,10-12H2,(H,25,29)(H,26,30). The molecule has 4 rings (SSSR count). The molecule has 0 spiro atoms. The van der Waals surface area contributed by atoms with Gasteiger partial charge in [0.1, 0.15) is 16.5 Å². The molecule has 2 aromatic heterocycles. The normalized spacial score (nSPS) is 10.7. The Morgan fingerprint density at radius 3 is 2.59 bits per heavy atom.